The normalized spacial score (nSPS) is 9.87. The molecule has 0 unspecified atom stereocenters. The van der Waals surface area contributed by atoms with Crippen LogP contribution in [0.5, 0.6) is 0 Å². The lowest BCUT2D eigenvalue weighted by Gasteiger charge is -2.00. The Bertz CT molecular complexity index is 469. The molecule has 15 heavy (non-hydrogen) atoms. The number of nitrogen functional groups attached to an aromatic ring is 1. The summed E-state index contributed by atoms with van der Waals surface area (Å²) in [5.74, 6) is -0.161. The number of amides is 1. The van der Waals surface area contributed by atoms with Crippen LogP contribution in [0.2, 0.25) is 0 Å². The highest BCUT2D eigenvalue weighted by atomic mass is 32.1. The zero-order valence-electron chi connectivity index (χ0n) is 7.54. The van der Waals surface area contributed by atoms with Gasteiger partial charge in [0, 0.05) is 0 Å². The number of anilines is 2. The van der Waals surface area contributed by atoms with Crippen molar-refractivity contribution in [2.24, 2.45) is 0 Å². The Kier molecular flexibility index (Phi) is 2.55. The molecule has 0 saturated carbocycles. The highest BCUT2D eigenvalue weighted by Crippen LogP contribution is 2.19. The molecule has 0 atom stereocenters. The fourth-order valence-corrected chi connectivity index (χ4v) is 1.68. The Labute approximate surface area is 89.2 Å². The van der Waals surface area contributed by atoms with E-state index >= 15 is 0 Å². The van der Waals surface area contributed by atoms with Crippen molar-refractivity contribution in [2.75, 3.05) is 11.1 Å². The van der Waals surface area contributed by atoms with Crippen LogP contribution in [0.25, 0.3) is 0 Å². The van der Waals surface area contributed by atoms with Gasteiger partial charge in [0.2, 0.25) is 5.95 Å². The van der Waals surface area contributed by atoms with Crippen LogP contribution in [-0.2, 0) is 0 Å². The Morgan fingerprint density at radius 1 is 1.47 bits per heavy atom. The summed E-state index contributed by atoms with van der Waals surface area (Å²) in [6.45, 7) is 0. The molecule has 2 rings (SSSR count). The number of thiophene rings is 1. The average Bonchev–Trinajstić information content (AvgIpc) is 2.66. The van der Waals surface area contributed by atoms with Gasteiger partial charge in [0.05, 0.1) is 18.1 Å². The predicted molar refractivity (Wildman–Crippen MR) is 56.5 cm³/mol. The van der Waals surface area contributed by atoms with Crippen LogP contribution in [0, 0.1) is 0 Å². The zero-order valence-corrected chi connectivity index (χ0v) is 8.36. The third-order valence-electron chi connectivity index (χ3n) is 1.61. The third kappa shape index (κ3) is 2.08. The van der Waals surface area contributed by atoms with E-state index < -0.39 is 0 Å². The van der Waals surface area contributed by atoms with Crippen molar-refractivity contribution in [3.05, 3.63) is 28.7 Å². The summed E-state index contributed by atoms with van der Waals surface area (Å²) in [6, 6.07) is 1.67. The van der Waals surface area contributed by atoms with Gasteiger partial charge in [0.1, 0.15) is 4.88 Å². The molecule has 2 aromatic rings. The fraction of sp³-hybridized carbons (Fsp3) is 0. The van der Waals surface area contributed by atoms with Crippen molar-refractivity contribution in [2.45, 2.75) is 0 Å². The van der Waals surface area contributed by atoms with Crippen molar-refractivity contribution >= 4 is 28.9 Å². The molecular formula is C8H7N5OS. The van der Waals surface area contributed by atoms with Gasteiger partial charge in [-0.2, -0.15) is 5.10 Å². The van der Waals surface area contributed by atoms with Gasteiger partial charge in [-0.3, -0.25) is 10.1 Å². The van der Waals surface area contributed by atoms with Crippen LogP contribution in [0.3, 0.4) is 0 Å². The van der Waals surface area contributed by atoms with Crippen molar-refractivity contribution in [1.82, 2.24) is 15.2 Å². The summed E-state index contributed by atoms with van der Waals surface area (Å²) in [5, 5.41) is 11.5. The lowest BCUT2D eigenvalue weighted by Crippen LogP contribution is -2.14. The quantitative estimate of drug-likeness (QED) is 0.781. The third-order valence-corrected chi connectivity index (χ3v) is 2.54. The molecule has 0 aromatic carbocycles. The van der Waals surface area contributed by atoms with Crippen LogP contribution in [0.1, 0.15) is 9.67 Å². The summed E-state index contributed by atoms with van der Waals surface area (Å²) < 4.78 is 0. The first kappa shape index (κ1) is 9.53. The first-order valence-electron chi connectivity index (χ1n) is 4.05. The lowest BCUT2D eigenvalue weighted by atomic mass is 10.4. The molecule has 0 spiro atoms. The van der Waals surface area contributed by atoms with Gasteiger partial charge in [-0.25, -0.2) is 4.98 Å². The molecule has 0 bridgehead atoms. The maximum absolute atomic E-state index is 11.6. The molecule has 0 fully saturated rings. The van der Waals surface area contributed by atoms with Crippen LogP contribution in [-0.4, -0.2) is 21.1 Å². The van der Waals surface area contributed by atoms with Crippen molar-refractivity contribution in [3.63, 3.8) is 0 Å². The van der Waals surface area contributed by atoms with Crippen molar-refractivity contribution < 1.29 is 4.79 Å². The number of hydrogen-bond donors (Lipinski definition) is 2. The van der Waals surface area contributed by atoms with E-state index in [0.717, 1.165) is 0 Å². The molecular weight excluding hydrogens is 214 g/mol. The Balaban J connectivity index is 2.15. The van der Waals surface area contributed by atoms with Crippen molar-refractivity contribution in [3.8, 4) is 0 Å². The van der Waals surface area contributed by atoms with E-state index in [0.29, 0.717) is 10.6 Å². The number of nitrogens with zero attached hydrogens (tertiary/aromatic N) is 3. The number of aromatic nitrogens is 3. The summed E-state index contributed by atoms with van der Waals surface area (Å²) in [6.07, 6.45) is 2.87. The number of hydrogen-bond acceptors (Lipinski definition) is 6. The van der Waals surface area contributed by atoms with E-state index in [2.05, 4.69) is 20.5 Å². The smallest absolute Gasteiger partial charge is 0.270 e. The van der Waals surface area contributed by atoms with Gasteiger partial charge >= 0.3 is 0 Å². The molecule has 2 aromatic heterocycles. The Morgan fingerprint density at radius 2 is 2.33 bits per heavy atom. The number of rotatable bonds is 2. The number of carbonyl (C=O) groups excluding carboxylic acids is 1. The molecule has 0 aliphatic rings. The largest absolute Gasteiger partial charge is 0.397 e. The first-order chi connectivity index (χ1) is 7.27. The number of nitrogens with two attached hydrogens (primary N) is 1. The van der Waals surface area contributed by atoms with Gasteiger partial charge < -0.3 is 5.73 Å². The molecule has 6 nitrogen and oxygen atoms in total. The minimum Gasteiger partial charge on any atom is -0.397 e. The minimum absolute atomic E-state index is 0.162. The maximum atomic E-state index is 11.6. The predicted octanol–water partition coefficient (Wildman–Crippen LogP) is 0.768. The fourth-order valence-electron chi connectivity index (χ4n) is 0.967. The summed E-state index contributed by atoms with van der Waals surface area (Å²) >= 11 is 1.26. The second-order valence-electron chi connectivity index (χ2n) is 2.63. The van der Waals surface area contributed by atoms with E-state index in [9.17, 15) is 4.79 Å². The van der Waals surface area contributed by atoms with Gasteiger partial charge in [-0.15, -0.1) is 16.4 Å². The highest BCUT2D eigenvalue weighted by Gasteiger charge is 2.12. The summed E-state index contributed by atoms with van der Waals surface area (Å²) in [7, 11) is 0. The molecule has 7 heteroatoms. The topological polar surface area (TPSA) is 93.8 Å². The van der Waals surface area contributed by atoms with Gasteiger partial charge in [-0.1, -0.05) is 0 Å². The summed E-state index contributed by atoms with van der Waals surface area (Å²) in [5.41, 5.74) is 6.03. The average molecular weight is 221 g/mol. The van der Waals surface area contributed by atoms with Crippen LogP contribution in [0.15, 0.2) is 23.8 Å². The molecule has 0 radical (unpaired) electrons. The lowest BCUT2D eigenvalue weighted by molar-refractivity contribution is 0.103. The van der Waals surface area contributed by atoms with E-state index in [1.165, 1.54) is 23.7 Å². The Morgan fingerprint density at radius 3 is 2.93 bits per heavy atom. The van der Waals surface area contributed by atoms with E-state index in [1.54, 1.807) is 11.4 Å². The maximum Gasteiger partial charge on any atom is 0.270 e. The zero-order chi connectivity index (χ0) is 10.7. The van der Waals surface area contributed by atoms with E-state index in [4.69, 9.17) is 5.73 Å². The minimum atomic E-state index is -0.324. The molecule has 0 aliphatic carbocycles. The second-order valence-corrected chi connectivity index (χ2v) is 3.54. The van der Waals surface area contributed by atoms with E-state index in [1.807, 2.05) is 0 Å². The molecule has 3 N–H and O–H groups in total. The van der Waals surface area contributed by atoms with Gasteiger partial charge in [0.15, 0.2) is 0 Å². The molecule has 2 heterocycles. The van der Waals surface area contributed by atoms with Gasteiger partial charge in [-0.05, 0) is 11.4 Å². The van der Waals surface area contributed by atoms with E-state index in [-0.39, 0.29) is 11.9 Å². The second kappa shape index (κ2) is 4.01. The van der Waals surface area contributed by atoms with Crippen LogP contribution in [0.4, 0.5) is 11.6 Å². The van der Waals surface area contributed by atoms with Crippen LogP contribution >= 0.6 is 11.3 Å². The molecule has 76 valence electrons. The first-order valence-corrected chi connectivity index (χ1v) is 4.93. The number of nitrogens with one attached hydrogen (secondary N) is 1. The molecule has 0 saturated heterocycles. The molecule has 1 amide bonds. The highest BCUT2D eigenvalue weighted by molar-refractivity contribution is 7.12. The molecule has 0 aliphatic heterocycles. The Hall–Kier alpha value is -2.02. The van der Waals surface area contributed by atoms with Crippen LogP contribution < -0.4 is 11.1 Å². The summed E-state index contributed by atoms with van der Waals surface area (Å²) in [4.78, 5) is 15.9. The van der Waals surface area contributed by atoms with Gasteiger partial charge in [0.25, 0.3) is 5.91 Å². The standard InChI is InChI=1S/C8H7N5OS/c9-5-1-4-15-6(5)7(14)12-8-10-2-3-11-13-8/h1-4H,9H2,(H,10,12,13,14). The monoisotopic (exact) mass is 221 g/mol. The SMILES string of the molecule is Nc1ccsc1C(=O)Nc1nccnn1. The number of carbonyl (C=O) groups is 1. The van der Waals surface area contributed by atoms with Crippen molar-refractivity contribution in [1.29, 1.82) is 0 Å².